The quantitative estimate of drug-likeness (QED) is 0.749. The van der Waals surface area contributed by atoms with Crippen molar-refractivity contribution in [2.24, 2.45) is 0 Å². The normalized spacial score (nSPS) is 10.8. The van der Waals surface area contributed by atoms with E-state index in [0.717, 1.165) is 5.56 Å². The SMILES string of the molecule is Cc1cc(Cl)ccc1OCCCC(=O)Nc1nnc(C(F)F)s1. The molecule has 1 N–H and O–H groups in total. The van der Waals surface area contributed by atoms with Gasteiger partial charge >= 0.3 is 0 Å². The summed E-state index contributed by atoms with van der Waals surface area (Å²) in [4.78, 5) is 11.7. The highest BCUT2D eigenvalue weighted by atomic mass is 35.5. The standard InChI is InChI=1S/C14H14ClF2N3O2S/c1-8-7-9(15)4-5-10(8)22-6-2-3-11(21)18-14-20-19-13(23-14)12(16)17/h4-5,7,12H,2-3,6H2,1H3,(H,18,20,21). The maximum Gasteiger partial charge on any atom is 0.291 e. The minimum absolute atomic E-state index is 0.0692. The van der Waals surface area contributed by atoms with E-state index in [1.807, 2.05) is 6.92 Å². The molecule has 0 saturated heterocycles. The van der Waals surface area contributed by atoms with Crippen molar-refractivity contribution in [3.63, 3.8) is 0 Å². The molecule has 2 rings (SSSR count). The molecule has 23 heavy (non-hydrogen) atoms. The Kier molecular flexibility index (Phi) is 6.23. The van der Waals surface area contributed by atoms with Gasteiger partial charge < -0.3 is 10.1 Å². The summed E-state index contributed by atoms with van der Waals surface area (Å²) in [6.45, 7) is 2.23. The van der Waals surface area contributed by atoms with Crippen molar-refractivity contribution in [3.05, 3.63) is 33.8 Å². The summed E-state index contributed by atoms with van der Waals surface area (Å²) in [5, 5.41) is 9.50. The number of rotatable bonds is 7. The van der Waals surface area contributed by atoms with Crippen LogP contribution in [0, 0.1) is 6.92 Å². The average molecular weight is 362 g/mol. The second-order valence-electron chi connectivity index (χ2n) is 4.66. The zero-order valence-electron chi connectivity index (χ0n) is 12.2. The summed E-state index contributed by atoms with van der Waals surface area (Å²) >= 11 is 6.51. The lowest BCUT2D eigenvalue weighted by Crippen LogP contribution is -2.12. The Hall–Kier alpha value is -1.80. The van der Waals surface area contributed by atoms with Gasteiger partial charge in [0.15, 0.2) is 5.01 Å². The number of nitrogens with zero attached hydrogens (tertiary/aromatic N) is 2. The van der Waals surface area contributed by atoms with E-state index in [9.17, 15) is 13.6 Å². The van der Waals surface area contributed by atoms with Gasteiger partial charge in [0.05, 0.1) is 6.61 Å². The van der Waals surface area contributed by atoms with E-state index in [-0.39, 0.29) is 17.5 Å². The Bertz CT molecular complexity index is 682. The number of ether oxygens (including phenoxy) is 1. The third kappa shape index (κ3) is 5.40. The molecule has 0 saturated carbocycles. The van der Waals surface area contributed by atoms with Crippen LogP contribution in [0.15, 0.2) is 18.2 Å². The predicted molar refractivity (Wildman–Crippen MR) is 84.4 cm³/mol. The highest BCUT2D eigenvalue weighted by Crippen LogP contribution is 2.25. The molecule has 0 radical (unpaired) electrons. The molecule has 0 atom stereocenters. The molecule has 1 amide bonds. The summed E-state index contributed by atoms with van der Waals surface area (Å²) in [5.41, 5.74) is 0.912. The van der Waals surface area contributed by atoms with Gasteiger partial charge in [-0.1, -0.05) is 22.9 Å². The number of alkyl halides is 2. The molecule has 1 aromatic carbocycles. The molecule has 0 aliphatic rings. The maximum absolute atomic E-state index is 12.4. The molecule has 9 heteroatoms. The predicted octanol–water partition coefficient (Wildman–Crippen LogP) is 4.24. The highest BCUT2D eigenvalue weighted by molar-refractivity contribution is 7.15. The number of anilines is 1. The van der Waals surface area contributed by atoms with Crippen molar-refractivity contribution in [1.29, 1.82) is 0 Å². The molecule has 2 aromatic rings. The fourth-order valence-corrected chi connectivity index (χ4v) is 2.59. The Labute approximate surface area is 140 Å². The average Bonchev–Trinajstić information content (AvgIpc) is 2.94. The molecule has 0 unspecified atom stereocenters. The summed E-state index contributed by atoms with van der Waals surface area (Å²) < 4.78 is 30.3. The minimum atomic E-state index is -2.69. The van der Waals surface area contributed by atoms with Gasteiger partial charge in [-0.15, -0.1) is 10.2 Å². The van der Waals surface area contributed by atoms with Gasteiger partial charge in [-0.3, -0.25) is 4.79 Å². The molecule has 0 bridgehead atoms. The first-order chi connectivity index (χ1) is 11.0. The van der Waals surface area contributed by atoms with Gasteiger partial charge in [0, 0.05) is 11.4 Å². The van der Waals surface area contributed by atoms with Crippen molar-refractivity contribution in [3.8, 4) is 5.75 Å². The van der Waals surface area contributed by atoms with Gasteiger partial charge in [-0.05, 0) is 37.1 Å². The number of benzene rings is 1. The number of amides is 1. The van der Waals surface area contributed by atoms with Crippen molar-refractivity contribution in [2.45, 2.75) is 26.2 Å². The lowest BCUT2D eigenvalue weighted by Gasteiger charge is -2.09. The molecule has 124 valence electrons. The fourth-order valence-electron chi connectivity index (χ4n) is 1.74. The number of aromatic nitrogens is 2. The number of hydrogen-bond acceptors (Lipinski definition) is 5. The molecular weight excluding hydrogens is 348 g/mol. The van der Waals surface area contributed by atoms with Gasteiger partial charge in [-0.25, -0.2) is 8.78 Å². The van der Waals surface area contributed by atoms with Crippen LogP contribution in [0.2, 0.25) is 5.02 Å². The molecule has 0 fully saturated rings. The molecule has 5 nitrogen and oxygen atoms in total. The van der Waals surface area contributed by atoms with Crippen LogP contribution >= 0.6 is 22.9 Å². The number of aryl methyl sites for hydroxylation is 1. The first kappa shape index (κ1) is 17.6. The van der Waals surface area contributed by atoms with Crippen LogP contribution < -0.4 is 10.1 Å². The highest BCUT2D eigenvalue weighted by Gasteiger charge is 2.15. The molecule has 0 spiro atoms. The Morgan fingerprint density at radius 3 is 2.87 bits per heavy atom. The van der Waals surface area contributed by atoms with Crippen LogP contribution in [0.25, 0.3) is 0 Å². The number of carbonyl (C=O) groups excluding carboxylic acids is 1. The zero-order valence-corrected chi connectivity index (χ0v) is 13.8. The van der Waals surface area contributed by atoms with Gasteiger partial charge in [0.2, 0.25) is 11.0 Å². The first-order valence-electron chi connectivity index (χ1n) is 6.76. The van der Waals surface area contributed by atoms with Crippen LogP contribution in [-0.4, -0.2) is 22.7 Å². The van der Waals surface area contributed by atoms with E-state index in [4.69, 9.17) is 16.3 Å². The third-order valence-corrected chi connectivity index (χ3v) is 3.90. The smallest absolute Gasteiger partial charge is 0.291 e. The second-order valence-corrected chi connectivity index (χ2v) is 6.10. The van der Waals surface area contributed by atoms with Crippen LogP contribution in [0.3, 0.4) is 0 Å². The maximum atomic E-state index is 12.4. The van der Waals surface area contributed by atoms with Gasteiger partial charge in [-0.2, -0.15) is 0 Å². The second kappa shape index (κ2) is 8.16. The van der Waals surface area contributed by atoms with Crippen LogP contribution in [0.1, 0.15) is 29.8 Å². The molecule has 1 aromatic heterocycles. The molecular formula is C14H14ClF2N3O2S. The largest absolute Gasteiger partial charge is 0.493 e. The van der Waals surface area contributed by atoms with Crippen LogP contribution in [-0.2, 0) is 4.79 Å². The van der Waals surface area contributed by atoms with Crippen LogP contribution in [0.4, 0.5) is 13.9 Å². The Morgan fingerprint density at radius 2 is 2.22 bits per heavy atom. The van der Waals surface area contributed by atoms with Crippen molar-refractivity contribution in [1.82, 2.24) is 10.2 Å². The molecule has 0 aliphatic heterocycles. The van der Waals surface area contributed by atoms with Gasteiger partial charge in [0.1, 0.15) is 5.75 Å². The molecule has 0 aliphatic carbocycles. The lowest BCUT2D eigenvalue weighted by atomic mass is 10.2. The Morgan fingerprint density at radius 1 is 1.43 bits per heavy atom. The summed E-state index contributed by atoms with van der Waals surface area (Å²) in [5.74, 6) is 0.388. The summed E-state index contributed by atoms with van der Waals surface area (Å²) in [6, 6.07) is 5.29. The summed E-state index contributed by atoms with van der Waals surface area (Å²) in [7, 11) is 0. The zero-order chi connectivity index (χ0) is 16.8. The topological polar surface area (TPSA) is 64.1 Å². The number of carbonyl (C=O) groups is 1. The number of hydrogen-bond donors (Lipinski definition) is 1. The summed E-state index contributed by atoms with van der Waals surface area (Å²) in [6.07, 6.45) is -2.01. The number of halogens is 3. The minimum Gasteiger partial charge on any atom is -0.493 e. The number of nitrogens with one attached hydrogen (secondary N) is 1. The fraction of sp³-hybridized carbons (Fsp3) is 0.357. The van der Waals surface area contributed by atoms with E-state index >= 15 is 0 Å². The van der Waals surface area contributed by atoms with Crippen molar-refractivity contribution in [2.75, 3.05) is 11.9 Å². The van der Waals surface area contributed by atoms with Crippen molar-refractivity contribution >= 4 is 34.0 Å². The lowest BCUT2D eigenvalue weighted by molar-refractivity contribution is -0.116. The van der Waals surface area contributed by atoms with E-state index in [1.54, 1.807) is 18.2 Å². The first-order valence-corrected chi connectivity index (χ1v) is 7.95. The van der Waals surface area contributed by atoms with E-state index in [2.05, 4.69) is 15.5 Å². The molecule has 1 heterocycles. The monoisotopic (exact) mass is 361 g/mol. The van der Waals surface area contributed by atoms with E-state index in [1.165, 1.54) is 0 Å². The third-order valence-electron chi connectivity index (χ3n) is 2.82. The van der Waals surface area contributed by atoms with Gasteiger partial charge in [0.25, 0.3) is 6.43 Å². The van der Waals surface area contributed by atoms with E-state index in [0.29, 0.717) is 35.1 Å². The van der Waals surface area contributed by atoms with E-state index < -0.39 is 11.4 Å². The van der Waals surface area contributed by atoms with Crippen LogP contribution in [0.5, 0.6) is 5.75 Å². The Balaban J connectivity index is 1.72. The van der Waals surface area contributed by atoms with Crippen molar-refractivity contribution < 1.29 is 18.3 Å².